The lowest BCUT2D eigenvalue weighted by atomic mass is 10.0. The standard InChI is InChI=1S/C22H18NO2.BrH/c1-25-18-11-8-17(9-12-18)22(24)15-23-14-4-7-20-19-6-3-2-5-16(19)10-13-21(20)23;/h2-14H,15H2,1H3;1H/q+1;/p-1. The van der Waals surface area contributed by atoms with Crippen molar-refractivity contribution < 1.29 is 31.1 Å². The molecular formula is C22H18BrNO2. The van der Waals surface area contributed by atoms with Gasteiger partial charge in [-0.2, -0.15) is 4.57 Å². The summed E-state index contributed by atoms with van der Waals surface area (Å²) in [5, 5.41) is 3.56. The van der Waals surface area contributed by atoms with Crippen LogP contribution in [0.3, 0.4) is 0 Å². The van der Waals surface area contributed by atoms with Crippen LogP contribution in [0.15, 0.2) is 79.0 Å². The summed E-state index contributed by atoms with van der Waals surface area (Å²) in [5.74, 6) is 0.828. The van der Waals surface area contributed by atoms with Crippen LogP contribution >= 0.6 is 0 Å². The minimum atomic E-state index is 0. The lowest BCUT2D eigenvalue weighted by molar-refractivity contribution is -0.657. The van der Waals surface area contributed by atoms with Gasteiger partial charge in [0.1, 0.15) is 5.75 Å². The van der Waals surface area contributed by atoms with Crippen molar-refractivity contribution in [3.05, 3.63) is 84.6 Å². The number of hydrogen-bond acceptors (Lipinski definition) is 2. The van der Waals surface area contributed by atoms with E-state index < -0.39 is 0 Å². The fourth-order valence-corrected chi connectivity index (χ4v) is 3.19. The van der Waals surface area contributed by atoms with E-state index in [1.807, 2.05) is 53.2 Å². The van der Waals surface area contributed by atoms with Gasteiger partial charge in [-0.25, -0.2) is 0 Å². The summed E-state index contributed by atoms with van der Waals surface area (Å²) in [4.78, 5) is 12.7. The summed E-state index contributed by atoms with van der Waals surface area (Å²) in [6.07, 6.45) is 1.96. The van der Waals surface area contributed by atoms with Crippen LogP contribution in [0.4, 0.5) is 0 Å². The van der Waals surface area contributed by atoms with Crippen LogP contribution in [0.1, 0.15) is 10.4 Å². The number of rotatable bonds is 4. The van der Waals surface area contributed by atoms with E-state index in [0.717, 1.165) is 16.7 Å². The van der Waals surface area contributed by atoms with E-state index in [1.54, 1.807) is 7.11 Å². The molecule has 0 fully saturated rings. The molecule has 0 aliphatic heterocycles. The molecule has 0 bridgehead atoms. The molecule has 0 N–H and O–H groups in total. The molecule has 0 saturated heterocycles. The van der Waals surface area contributed by atoms with Gasteiger partial charge >= 0.3 is 0 Å². The third-order valence-electron chi connectivity index (χ3n) is 4.51. The number of nitrogens with zero attached hydrogens (tertiary/aromatic N) is 1. The van der Waals surface area contributed by atoms with E-state index in [1.165, 1.54) is 10.8 Å². The Morgan fingerprint density at radius 2 is 1.62 bits per heavy atom. The van der Waals surface area contributed by atoms with Gasteiger partial charge in [0.2, 0.25) is 17.8 Å². The molecule has 4 rings (SSSR count). The zero-order valence-corrected chi connectivity index (χ0v) is 15.9. The van der Waals surface area contributed by atoms with Crippen molar-refractivity contribution in [1.82, 2.24) is 0 Å². The highest BCUT2D eigenvalue weighted by Crippen LogP contribution is 2.23. The first kappa shape index (κ1) is 18.1. The van der Waals surface area contributed by atoms with Crippen molar-refractivity contribution in [3.63, 3.8) is 0 Å². The molecular weight excluding hydrogens is 390 g/mol. The molecule has 0 unspecified atom stereocenters. The second-order valence-corrected chi connectivity index (χ2v) is 6.01. The Hall–Kier alpha value is -2.72. The molecule has 4 heteroatoms. The summed E-state index contributed by atoms with van der Waals surface area (Å²) >= 11 is 0. The molecule has 130 valence electrons. The average Bonchev–Trinajstić information content (AvgIpc) is 2.68. The molecule has 0 saturated carbocycles. The lowest BCUT2D eigenvalue weighted by Gasteiger charge is -2.05. The minimum Gasteiger partial charge on any atom is -1.00 e. The van der Waals surface area contributed by atoms with Crippen LogP contribution in [0.5, 0.6) is 5.75 Å². The Kier molecular flexibility index (Phi) is 5.33. The predicted molar refractivity (Wildman–Crippen MR) is 99.0 cm³/mol. The number of Topliss-reactive ketones (excluding diaryl/α,β-unsaturated/α-hetero) is 1. The van der Waals surface area contributed by atoms with Crippen molar-refractivity contribution in [1.29, 1.82) is 0 Å². The number of halogens is 1. The number of methoxy groups -OCH3 is 1. The van der Waals surface area contributed by atoms with Gasteiger partial charge in [0.05, 0.1) is 12.5 Å². The maximum absolute atomic E-state index is 12.7. The van der Waals surface area contributed by atoms with E-state index in [4.69, 9.17) is 4.74 Å². The van der Waals surface area contributed by atoms with Gasteiger partial charge in [0.25, 0.3) is 0 Å². The van der Waals surface area contributed by atoms with E-state index in [9.17, 15) is 4.79 Å². The van der Waals surface area contributed by atoms with Crippen molar-refractivity contribution in [2.45, 2.75) is 6.54 Å². The Labute approximate surface area is 162 Å². The van der Waals surface area contributed by atoms with Gasteiger partial charge < -0.3 is 21.7 Å². The number of ether oxygens (including phenoxy) is 1. The molecule has 0 radical (unpaired) electrons. The van der Waals surface area contributed by atoms with Crippen LogP contribution in [0, 0.1) is 0 Å². The second-order valence-electron chi connectivity index (χ2n) is 6.01. The number of hydrogen-bond donors (Lipinski definition) is 0. The number of carbonyl (C=O) groups excluding carboxylic acids is 1. The largest absolute Gasteiger partial charge is 1.00 e. The van der Waals surface area contributed by atoms with E-state index in [2.05, 4.69) is 30.3 Å². The van der Waals surface area contributed by atoms with Gasteiger partial charge in [0, 0.05) is 17.7 Å². The Morgan fingerprint density at radius 3 is 2.38 bits per heavy atom. The fourth-order valence-electron chi connectivity index (χ4n) is 3.19. The number of ketones is 1. The molecule has 0 aliphatic carbocycles. The number of pyridine rings is 1. The molecule has 26 heavy (non-hydrogen) atoms. The average molecular weight is 408 g/mol. The summed E-state index contributed by atoms with van der Waals surface area (Å²) < 4.78 is 7.16. The highest BCUT2D eigenvalue weighted by Gasteiger charge is 2.16. The quantitative estimate of drug-likeness (QED) is 0.289. The maximum atomic E-state index is 12.7. The van der Waals surface area contributed by atoms with Gasteiger partial charge in [-0.1, -0.05) is 24.3 Å². The zero-order valence-electron chi connectivity index (χ0n) is 14.4. The fraction of sp³-hybridized carbons (Fsp3) is 0.0909. The number of fused-ring (bicyclic) bond motifs is 3. The molecule has 3 aromatic carbocycles. The molecule has 1 aromatic heterocycles. The molecule has 4 aromatic rings. The van der Waals surface area contributed by atoms with Gasteiger partial charge in [0.15, 0.2) is 6.20 Å². The first-order valence-corrected chi connectivity index (χ1v) is 8.23. The molecule has 0 spiro atoms. The number of aromatic nitrogens is 1. The zero-order chi connectivity index (χ0) is 17.2. The third-order valence-corrected chi connectivity index (χ3v) is 4.51. The van der Waals surface area contributed by atoms with Crippen LogP contribution in [-0.4, -0.2) is 12.9 Å². The number of carbonyl (C=O) groups is 1. The van der Waals surface area contributed by atoms with E-state index in [-0.39, 0.29) is 22.8 Å². The van der Waals surface area contributed by atoms with Gasteiger partial charge in [-0.3, -0.25) is 4.79 Å². The van der Waals surface area contributed by atoms with Crippen LogP contribution in [0.25, 0.3) is 21.7 Å². The van der Waals surface area contributed by atoms with Gasteiger partial charge in [-0.05, 0) is 47.2 Å². The normalized spacial score (nSPS) is 10.5. The smallest absolute Gasteiger partial charge is 0.227 e. The first-order valence-electron chi connectivity index (χ1n) is 8.23. The van der Waals surface area contributed by atoms with Crippen molar-refractivity contribution in [3.8, 4) is 5.75 Å². The van der Waals surface area contributed by atoms with E-state index >= 15 is 0 Å². The SMILES string of the molecule is COc1ccc(C(=O)C[n+]2cccc3c4ccccc4ccc32)cc1.[Br-]. The summed E-state index contributed by atoms with van der Waals surface area (Å²) in [7, 11) is 1.62. The summed E-state index contributed by atoms with van der Waals surface area (Å²) in [5.41, 5.74) is 1.74. The third kappa shape index (κ3) is 3.33. The predicted octanol–water partition coefficient (Wildman–Crippen LogP) is 1.18. The Bertz CT molecular complexity index is 1070. The minimum absolute atomic E-state index is 0. The van der Waals surface area contributed by atoms with E-state index in [0.29, 0.717) is 12.1 Å². The second kappa shape index (κ2) is 7.67. The molecule has 1 heterocycles. The Balaban J connectivity index is 0.00000196. The van der Waals surface area contributed by atoms with Crippen molar-refractivity contribution in [2.24, 2.45) is 0 Å². The molecule has 0 amide bonds. The summed E-state index contributed by atoms with van der Waals surface area (Å²) in [6, 6.07) is 23.8. The highest BCUT2D eigenvalue weighted by atomic mass is 79.9. The van der Waals surface area contributed by atoms with Crippen LogP contribution in [0.2, 0.25) is 0 Å². The lowest BCUT2D eigenvalue weighted by Crippen LogP contribution is -3.00. The molecule has 3 nitrogen and oxygen atoms in total. The summed E-state index contributed by atoms with van der Waals surface area (Å²) in [6.45, 7) is 0.308. The molecule has 0 aliphatic rings. The topological polar surface area (TPSA) is 30.2 Å². The maximum Gasteiger partial charge on any atom is 0.227 e. The van der Waals surface area contributed by atoms with Crippen molar-refractivity contribution in [2.75, 3.05) is 7.11 Å². The highest BCUT2D eigenvalue weighted by molar-refractivity contribution is 6.05. The Morgan fingerprint density at radius 1 is 0.885 bits per heavy atom. The van der Waals surface area contributed by atoms with Crippen LogP contribution in [-0.2, 0) is 6.54 Å². The first-order chi connectivity index (χ1) is 12.3. The van der Waals surface area contributed by atoms with Gasteiger partial charge in [-0.15, -0.1) is 0 Å². The van der Waals surface area contributed by atoms with Crippen LogP contribution < -0.4 is 26.3 Å². The van der Waals surface area contributed by atoms with Crippen molar-refractivity contribution >= 4 is 27.5 Å². The monoisotopic (exact) mass is 407 g/mol. The molecule has 0 atom stereocenters. The number of benzene rings is 3.